The molecule has 0 bridgehead atoms. The summed E-state index contributed by atoms with van der Waals surface area (Å²) in [5.41, 5.74) is 2.58. The largest absolute Gasteiger partial charge is 0.347 e. The Morgan fingerprint density at radius 2 is 1.92 bits per heavy atom. The Morgan fingerprint density at radius 1 is 1.08 bits per heavy atom. The lowest BCUT2D eigenvalue weighted by atomic mass is 9.94. The molecule has 2 aliphatic heterocycles. The lowest BCUT2D eigenvalue weighted by Crippen LogP contribution is -2.45. The van der Waals surface area contributed by atoms with Crippen LogP contribution in [-0.2, 0) is 17.8 Å². The van der Waals surface area contributed by atoms with Gasteiger partial charge in [-0.2, -0.15) is 0 Å². The molecule has 0 radical (unpaired) electrons. The van der Waals surface area contributed by atoms with Gasteiger partial charge in [0.05, 0.1) is 24.3 Å². The second-order valence-electron chi connectivity index (χ2n) is 6.62. The van der Waals surface area contributed by atoms with E-state index in [0.717, 1.165) is 24.4 Å². The third-order valence-electron chi connectivity index (χ3n) is 5.10. The van der Waals surface area contributed by atoms with Crippen LogP contribution in [0.1, 0.15) is 34.7 Å². The van der Waals surface area contributed by atoms with Crippen molar-refractivity contribution in [1.82, 2.24) is 24.8 Å². The molecule has 0 atom stereocenters. The van der Waals surface area contributed by atoms with Crippen LogP contribution in [0.2, 0.25) is 0 Å². The average Bonchev–Trinajstić information content (AvgIpc) is 3.15. The van der Waals surface area contributed by atoms with E-state index < -0.39 is 0 Å². The first-order valence-electron chi connectivity index (χ1n) is 8.72. The van der Waals surface area contributed by atoms with Gasteiger partial charge in [-0.05, 0) is 25.0 Å². The molecule has 1 saturated heterocycles. The Bertz CT molecular complexity index is 765. The zero-order valence-corrected chi connectivity index (χ0v) is 14.0. The highest BCUT2D eigenvalue weighted by atomic mass is 16.2. The van der Waals surface area contributed by atoms with Crippen molar-refractivity contribution in [2.75, 3.05) is 19.6 Å². The Morgan fingerprint density at radius 3 is 2.68 bits per heavy atom. The number of carbonyl (C=O) groups is 2. The predicted molar refractivity (Wildman–Crippen MR) is 90.6 cm³/mol. The Labute approximate surface area is 146 Å². The second-order valence-corrected chi connectivity index (χ2v) is 6.62. The van der Waals surface area contributed by atoms with Crippen molar-refractivity contribution < 1.29 is 9.59 Å². The van der Waals surface area contributed by atoms with Crippen molar-refractivity contribution in [2.45, 2.75) is 25.8 Å². The van der Waals surface area contributed by atoms with Crippen LogP contribution in [0.4, 0.5) is 0 Å². The van der Waals surface area contributed by atoms with E-state index in [1.807, 2.05) is 11.0 Å². The molecule has 7 nitrogen and oxygen atoms in total. The average molecular weight is 339 g/mol. The molecule has 2 amide bonds. The Hall–Kier alpha value is -2.70. The molecule has 4 rings (SSSR count). The smallest absolute Gasteiger partial charge is 0.272 e. The zero-order valence-electron chi connectivity index (χ0n) is 14.0. The molecule has 0 aromatic carbocycles. The number of H-pyrrole nitrogens is 1. The summed E-state index contributed by atoms with van der Waals surface area (Å²) < 4.78 is 0. The topological polar surface area (TPSA) is 82.2 Å². The molecule has 2 aromatic rings. The molecular formula is C18H21N5O2. The van der Waals surface area contributed by atoms with Crippen LogP contribution < -0.4 is 0 Å². The van der Waals surface area contributed by atoms with E-state index in [1.54, 1.807) is 29.6 Å². The number of imidazole rings is 1. The van der Waals surface area contributed by atoms with E-state index in [4.69, 9.17) is 0 Å². The molecule has 0 aliphatic carbocycles. The first kappa shape index (κ1) is 15.8. The highest BCUT2D eigenvalue weighted by Crippen LogP contribution is 2.24. The van der Waals surface area contributed by atoms with E-state index in [-0.39, 0.29) is 17.7 Å². The van der Waals surface area contributed by atoms with E-state index in [2.05, 4.69) is 15.0 Å². The van der Waals surface area contributed by atoms with Gasteiger partial charge in [-0.15, -0.1) is 0 Å². The van der Waals surface area contributed by atoms with Crippen molar-refractivity contribution in [3.8, 4) is 0 Å². The molecule has 25 heavy (non-hydrogen) atoms. The number of carbonyl (C=O) groups excluding carboxylic acids is 2. The summed E-state index contributed by atoms with van der Waals surface area (Å²) in [6, 6.07) is 5.34. The third-order valence-corrected chi connectivity index (χ3v) is 5.10. The fraction of sp³-hybridized carbons (Fsp3) is 0.444. The number of aromatic amines is 1. The van der Waals surface area contributed by atoms with Crippen LogP contribution in [0, 0.1) is 5.92 Å². The quantitative estimate of drug-likeness (QED) is 0.892. The maximum Gasteiger partial charge on any atom is 0.272 e. The number of nitrogens with one attached hydrogen (secondary N) is 1. The van der Waals surface area contributed by atoms with Gasteiger partial charge in [0, 0.05) is 38.2 Å². The first-order valence-corrected chi connectivity index (χ1v) is 8.72. The molecule has 130 valence electrons. The van der Waals surface area contributed by atoms with Gasteiger partial charge in [0.25, 0.3) is 5.91 Å². The minimum atomic E-state index is -0.0495. The third kappa shape index (κ3) is 3.14. The standard InChI is InChI=1S/C18H21N5O2/c24-17(23-10-6-14-16(11-23)21-12-20-14)13-4-8-22(9-5-13)18(25)15-3-1-2-7-19-15/h1-3,7,12-13H,4-6,8-11H2,(H,20,21). The number of pyridine rings is 1. The van der Waals surface area contributed by atoms with E-state index >= 15 is 0 Å². The summed E-state index contributed by atoms with van der Waals surface area (Å²) in [4.78, 5) is 40.5. The molecular weight excluding hydrogens is 318 g/mol. The maximum atomic E-state index is 12.8. The summed E-state index contributed by atoms with van der Waals surface area (Å²) in [5, 5.41) is 0. The minimum absolute atomic E-state index is 0.00254. The van der Waals surface area contributed by atoms with Gasteiger partial charge in [-0.25, -0.2) is 4.98 Å². The van der Waals surface area contributed by atoms with Crippen LogP contribution in [0.25, 0.3) is 0 Å². The number of aromatic nitrogens is 3. The number of piperidine rings is 1. The van der Waals surface area contributed by atoms with Gasteiger partial charge in [0.15, 0.2) is 0 Å². The van der Waals surface area contributed by atoms with Crippen LogP contribution in [0.5, 0.6) is 0 Å². The lowest BCUT2D eigenvalue weighted by molar-refractivity contribution is -0.138. The molecule has 0 unspecified atom stereocenters. The fourth-order valence-electron chi connectivity index (χ4n) is 3.64. The first-order chi connectivity index (χ1) is 12.2. The van der Waals surface area contributed by atoms with Crippen LogP contribution in [-0.4, -0.2) is 56.2 Å². The SMILES string of the molecule is O=C(c1ccccn1)N1CCC(C(=O)N2CCc3nc[nH]c3C2)CC1. The van der Waals surface area contributed by atoms with Crippen LogP contribution in [0.15, 0.2) is 30.7 Å². The Balaban J connectivity index is 1.34. The van der Waals surface area contributed by atoms with Crippen molar-refractivity contribution in [3.05, 3.63) is 47.8 Å². The number of hydrogen-bond acceptors (Lipinski definition) is 4. The summed E-state index contributed by atoms with van der Waals surface area (Å²) in [7, 11) is 0. The lowest BCUT2D eigenvalue weighted by Gasteiger charge is -2.35. The number of hydrogen-bond donors (Lipinski definition) is 1. The van der Waals surface area contributed by atoms with Crippen molar-refractivity contribution in [3.63, 3.8) is 0 Å². The van der Waals surface area contributed by atoms with Gasteiger partial charge in [-0.3, -0.25) is 14.6 Å². The molecule has 2 aromatic heterocycles. The van der Waals surface area contributed by atoms with Gasteiger partial charge in [0.2, 0.25) is 5.91 Å². The second kappa shape index (κ2) is 6.66. The molecule has 2 aliphatic rings. The predicted octanol–water partition coefficient (Wildman–Crippen LogP) is 1.24. The van der Waals surface area contributed by atoms with Crippen LogP contribution >= 0.6 is 0 Å². The molecule has 7 heteroatoms. The fourth-order valence-corrected chi connectivity index (χ4v) is 3.64. The van der Waals surface area contributed by atoms with Gasteiger partial charge < -0.3 is 14.8 Å². The number of rotatable bonds is 2. The van der Waals surface area contributed by atoms with E-state index in [0.29, 0.717) is 38.2 Å². The summed E-state index contributed by atoms with van der Waals surface area (Å²) in [6.45, 7) is 2.55. The van der Waals surface area contributed by atoms with Crippen molar-refractivity contribution in [2.24, 2.45) is 5.92 Å². The zero-order chi connectivity index (χ0) is 17.2. The Kier molecular flexibility index (Phi) is 4.21. The highest BCUT2D eigenvalue weighted by molar-refractivity contribution is 5.92. The normalized spacial score (nSPS) is 18.1. The molecule has 1 N–H and O–H groups in total. The van der Waals surface area contributed by atoms with Gasteiger partial charge in [-0.1, -0.05) is 6.07 Å². The molecule has 0 spiro atoms. The molecule has 4 heterocycles. The number of nitrogens with zero attached hydrogens (tertiary/aromatic N) is 4. The van der Waals surface area contributed by atoms with Gasteiger partial charge in [0.1, 0.15) is 5.69 Å². The minimum Gasteiger partial charge on any atom is -0.347 e. The highest BCUT2D eigenvalue weighted by Gasteiger charge is 2.32. The summed E-state index contributed by atoms with van der Waals surface area (Å²) in [6.07, 6.45) is 5.55. The number of amides is 2. The number of fused-ring (bicyclic) bond motifs is 1. The van der Waals surface area contributed by atoms with Crippen molar-refractivity contribution >= 4 is 11.8 Å². The maximum absolute atomic E-state index is 12.8. The monoisotopic (exact) mass is 339 g/mol. The van der Waals surface area contributed by atoms with E-state index in [1.165, 1.54) is 0 Å². The van der Waals surface area contributed by atoms with Gasteiger partial charge >= 0.3 is 0 Å². The van der Waals surface area contributed by atoms with E-state index in [9.17, 15) is 9.59 Å². The van der Waals surface area contributed by atoms with Crippen LogP contribution in [0.3, 0.4) is 0 Å². The molecule has 0 saturated carbocycles. The number of likely N-dealkylation sites (tertiary alicyclic amines) is 1. The summed E-state index contributed by atoms with van der Waals surface area (Å²) >= 11 is 0. The summed E-state index contributed by atoms with van der Waals surface area (Å²) in [5.74, 6) is 0.147. The van der Waals surface area contributed by atoms with Crippen molar-refractivity contribution in [1.29, 1.82) is 0 Å². The molecule has 1 fully saturated rings.